The summed E-state index contributed by atoms with van der Waals surface area (Å²) < 4.78 is 13.4. The van der Waals surface area contributed by atoms with Crippen LogP contribution in [0, 0.1) is 12.8 Å². The number of carbonyl (C=O) groups excluding carboxylic acids is 1. The smallest absolute Gasteiger partial charge is 0.273 e. The lowest BCUT2D eigenvalue weighted by molar-refractivity contribution is 0.0642. The van der Waals surface area contributed by atoms with Crippen LogP contribution in [0.5, 0.6) is 0 Å². The molecule has 0 N–H and O–H groups in total. The first-order valence-corrected chi connectivity index (χ1v) is 7.10. The van der Waals surface area contributed by atoms with Crippen molar-refractivity contribution >= 4 is 33.2 Å². The Morgan fingerprint density at radius 3 is 2.76 bits per heavy atom. The van der Waals surface area contributed by atoms with E-state index < -0.39 is 6.17 Å². The Morgan fingerprint density at radius 1 is 1.65 bits per heavy atom. The quantitative estimate of drug-likeness (QED) is 0.857. The molecule has 1 aromatic rings. The molecule has 0 unspecified atom stereocenters. The summed E-state index contributed by atoms with van der Waals surface area (Å²) in [5, 5.41) is 0. The highest BCUT2D eigenvalue weighted by Crippen LogP contribution is 2.31. The van der Waals surface area contributed by atoms with Crippen LogP contribution in [0.3, 0.4) is 0 Å². The van der Waals surface area contributed by atoms with Crippen LogP contribution in [-0.4, -0.2) is 35.6 Å². The highest BCUT2D eigenvalue weighted by molar-refractivity contribution is 9.11. The summed E-state index contributed by atoms with van der Waals surface area (Å²) in [7, 11) is 1.75. The normalized spacial score (nSPS) is 23.3. The molecule has 6 heteroatoms. The summed E-state index contributed by atoms with van der Waals surface area (Å²) >= 11 is 4.72. The van der Waals surface area contributed by atoms with Gasteiger partial charge in [-0.05, 0) is 41.6 Å². The van der Waals surface area contributed by atoms with Crippen molar-refractivity contribution < 1.29 is 9.18 Å². The number of thiazole rings is 1. The molecule has 1 aromatic heterocycles. The summed E-state index contributed by atoms with van der Waals surface area (Å²) in [6.45, 7) is 2.50. The van der Waals surface area contributed by atoms with E-state index >= 15 is 0 Å². The fourth-order valence-corrected chi connectivity index (χ4v) is 3.54. The first-order chi connectivity index (χ1) is 7.97. The van der Waals surface area contributed by atoms with Crippen LogP contribution >= 0.6 is 27.3 Å². The van der Waals surface area contributed by atoms with Crippen molar-refractivity contribution in [3.05, 3.63) is 14.5 Å². The number of aromatic nitrogens is 1. The van der Waals surface area contributed by atoms with E-state index in [-0.39, 0.29) is 5.91 Å². The van der Waals surface area contributed by atoms with Gasteiger partial charge in [0.05, 0.1) is 0 Å². The number of halogens is 2. The third-order valence-corrected chi connectivity index (χ3v) is 4.45. The zero-order valence-corrected chi connectivity index (χ0v) is 12.1. The van der Waals surface area contributed by atoms with Gasteiger partial charge in [-0.15, -0.1) is 11.3 Å². The van der Waals surface area contributed by atoms with E-state index in [2.05, 4.69) is 20.9 Å². The third-order valence-electron chi connectivity index (χ3n) is 3.03. The van der Waals surface area contributed by atoms with Crippen LogP contribution in [0.15, 0.2) is 3.92 Å². The van der Waals surface area contributed by atoms with Crippen LogP contribution in [-0.2, 0) is 0 Å². The Labute approximate surface area is 112 Å². The Kier molecular flexibility index (Phi) is 3.82. The van der Waals surface area contributed by atoms with Gasteiger partial charge in [0.15, 0.2) is 3.92 Å². The molecule has 1 aliphatic carbocycles. The second kappa shape index (κ2) is 5.02. The molecular weight excluding hydrogens is 307 g/mol. The Morgan fingerprint density at radius 2 is 2.29 bits per heavy atom. The van der Waals surface area contributed by atoms with Gasteiger partial charge in [0.1, 0.15) is 11.9 Å². The highest BCUT2D eigenvalue weighted by Gasteiger charge is 2.31. The fourth-order valence-electron chi connectivity index (χ4n) is 2.02. The minimum absolute atomic E-state index is 0.0771. The molecule has 0 saturated heterocycles. The van der Waals surface area contributed by atoms with Gasteiger partial charge in [-0.2, -0.15) is 0 Å². The van der Waals surface area contributed by atoms with Crippen molar-refractivity contribution in [2.24, 2.45) is 5.92 Å². The summed E-state index contributed by atoms with van der Waals surface area (Å²) in [6.07, 6.45) is 0.494. The Balaban J connectivity index is 1.97. The lowest BCUT2D eigenvalue weighted by Gasteiger charge is -2.32. The van der Waals surface area contributed by atoms with E-state index in [9.17, 15) is 9.18 Å². The van der Waals surface area contributed by atoms with Gasteiger partial charge < -0.3 is 4.90 Å². The Bertz CT molecular complexity index is 431. The van der Waals surface area contributed by atoms with Gasteiger partial charge >= 0.3 is 0 Å². The molecule has 0 aromatic carbocycles. The fraction of sp³-hybridized carbons (Fsp3) is 0.636. The van der Waals surface area contributed by atoms with Crippen molar-refractivity contribution in [2.75, 3.05) is 13.6 Å². The first kappa shape index (κ1) is 13.0. The number of alkyl halides is 1. The molecule has 0 bridgehead atoms. The van der Waals surface area contributed by atoms with E-state index in [0.29, 0.717) is 31.0 Å². The largest absolute Gasteiger partial charge is 0.340 e. The van der Waals surface area contributed by atoms with Crippen molar-refractivity contribution in [3.63, 3.8) is 0 Å². The molecule has 1 fully saturated rings. The minimum Gasteiger partial charge on any atom is -0.340 e. The minimum atomic E-state index is -0.668. The molecule has 0 radical (unpaired) electrons. The van der Waals surface area contributed by atoms with E-state index in [1.54, 1.807) is 11.9 Å². The molecule has 2 rings (SSSR count). The molecule has 3 nitrogen and oxygen atoms in total. The van der Waals surface area contributed by atoms with Gasteiger partial charge in [-0.25, -0.2) is 9.37 Å². The zero-order valence-electron chi connectivity index (χ0n) is 9.74. The second-order valence-electron chi connectivity index (χ2n) is 4.49. The van der Waals surface area contributed by atoms with Crippen LogP contribution in [0.1, 0.15) is 28.2 Å². The molecular formula is C11H14BrFN2OS. The molecule has 0 aliphatic heterocycles. The van der Waals surface area contributed by atoms with Gasteiger partial charge in [-0.3, -0.25) is 4.79 Å². The van der Waals surface area contributed by atoms with Gasteiger partial charge in [-0.1, -0.05) is 0 Å². The van der Waals surface area contributed by atoms with Crippen molar-refractivity contribution in [3.8, 4) is 0 Å². The van der Waals surface area contributed by atoms with Crippen LogP contribution in [0.2, 0.25) is 0 Å². The molecule has 94 valence electrons. The van der Waals surface area contributed by atoms with Gasteiger partial charge in [0, 0.05) is 18.5 Å². The number of aryl methyl sites for hydroxylation is 1. The topological polar surface area (TPSA) is 33.2 Å². The molecule has 17 heavy (non-hydrogen) atoms. The van der Waals surface area contributed by atoms with Crippen LogP contribution in [0.25, 0.3) is 0 Å². The summed E-state index contributed by atoms with van der Waals surface area (Å²) in [5.41, 5.74) is 0.500. The first-order valence-electron chi connectivity index (χ1n) is 5.50. The predicted molar refractivity (Wildman–Crippen MR) is 69.1 cm³/mol. The highest BCUT2D eigenvalue weighted by atomic mass is 79.9. The maximum Gasteiger partial charge on any atom is 0.273 e. The van der Waals surface area contributed by atoms with Gasteiger partial charge in [0.25, 0.3) is 5.91 Å². The second-order valence-corrected chi connectivity index (χ2v) is 6.97. The number of amides is 1. The van der Waals surface area contributed by atoms with Gasteiger partial charge in [0.2, 0.25) is 0 Å². The SMILES string of the molecule is Cc1sc(Br)nc1C(=O)N(C)CC1CC(F)C1. The molecule has 0 atom stereocenters. The number of hydrogen-bond acceptors (Lipinski definition) is 3. The lowest BCUT2D eigenvalue weighted by atomic mass is 9.83. The van der Waals surface area contributed by atoms with E-state index in [0.717, 1.165) is 8.79 Å². The van der Waals surface area contributed by atoms with E-state index in [1.165, 1.54) is 11.3 Å². The van der Waals surface area contributed by atoms with E-state index in [1.807, 2.05) is 6.92 Å². The number of nitrogens with zero attached hydrogens (tertiary/aromatic N) is 2. The third kappa shape index (κ3) is 2.85. The van der Waals surface area contributed by atoms with Crippen LogP contribution < -0.4 is 0 Å². The molecule has 0 spiro atoms. The lowest BCUT2D eigenvalue weighted by Crippen LogP contribution is -2.38. The number of carbonyl (C=O) groups is 1. The van der Waals surface area contributed by atoms with Crippen molar-refractivity contribution in [1.82, 2.24) is 9.88 Å². The van der Waals surface area contributed by atoms with Crippen LogP contribution in [0.4, 0.5) is 4.39 Å². The zero-order chi connectivity index (χ0) is 12.6. The van der Waals surface area contributed by atoms with Crippen molar-refractivity contribution in [2.45, 2.75) is 25.9 Å². The standard InChI is InChI=1S/C11H14BrFN2OS/c1-6-9(14-11(12)17-6)10(16)15(2)5-7-3-8(13)4-7/h7-8H,3-5H2,1-2H3. The predicted octanol–water partition coefficient (Wildman–Crippen LogP) is 3.03. The summed E-state index contributed by atoms with van der Waals surface area (Å²) in [5.74, 6) is 0.230. The molecule has 1 saturated carbocycles. The average Bonchev–Trinajstić information content (AvgIpc) is 2.54. The monoisotopic (exact) mass is 320 g/mol. The number of hydrogen-bond donors (Lipinski definition) is 0. The average molecular weight is 321 g/mol. The van der Waals surface area contributed by atoms with Crippen molar-refractivity contribution in [1.29, 1.82) is 0 Å². The maximum atomic E-state index is 12.7. The molecule has 1 heterocycles. The summed E-state index contributed by atoms with van der Waals surface area (Å²) in [6, 6.07) is 0. The molecule has 1 amide bonds. The summed E-state index contributed by atoms with van der Waals surface area (Å²) in [4.78, 5) is 18.8. The number of rotatable bonds is 3. The molecule has 1 aliphatic rings. The maximum absolute atomic E-state index is 12.7. The van der Waals surface area contributed by atoms with E-state index in [4.69, 9.17) is 0 Å². The Hall–Kier alpha value is -0.490.